The Morgan fingerprint density at radius 3 is 2.50 bits per heavy atom. The predicted octanol–water partition coefficient (Wildman–Crippen LogP) is 2.40. The quantitative estimate of drug-likeness (QED) is 0.784. The van der Waals surface area contributed by atoms with Crippen molar-refractivity contribution >= 4 is 0 Å². The molecule has 2 N–H and O–H groups in total. The third-order valence-corrected chi connectivity index (χ3v) is 2.86. The van der Waals surface area contributed by atoms with Gasteiger partial charge in [-0.05, 0) is 52.2 Å². The van der Waals surface area contributed by atoms with Gasteiger partial charge in [-0.15, -0.1) is 0 Å². The highest BCUT2D eigenvalue weighted by atomic mass is 15.0. The largest absolute Gasteiger partial charge is 0.349 e. The summed E-state index contributed by atoms with van der Waals surface area (Å²) in [5.41, 5.74) is 9.99. The zero-order chi connectivity index (χ0) is 10.7. The Bertz CT molecular complexity index is 298. The second-order valence-corrected chi connectivity index (χ2v) is 4.16. The Kier molecular flexibility index (Phi) is 3.76. The lowest BCUT2D eigenvalue weighted by Crippen LogP contribution is -2.15. The minimum Gasteiger partial charge on any atom is -0.349 e. The highest BCUT2D eigenvalue weighted by Crippen LogP contribution is 2.16. The maximum atomic E-state index is 5.76. The molecule has 0 bridgehead atoms. The SMILES string of the molecule is CCn1c(C)cc(CCC(C)N)c1C. The highest BCUT2D eigenvalue weighted by molar-refractivity contribution is 5.26. The summed E-state index contributed by atoms with van der Waals surface area (Å²) in [4.78, 5) is 0. The molecule has 2 nitrogen and oxygen atoms in total. The third kappa shape index (κ3) is 2.38. The molecule has 2 heteroatoms. The topological polar surface area (TPSA) is 30.9 Å². The molecule has 0 aromatic carbocycles. The van der Waals surface area contributed by atoms with Crippen LogP contribution >= 0.6 is 0 Å². The van der Waals surface area contributed by atoms with Crippen LogP contribution in [0.5, 0.6) is 0 Å². The lowest BCUT2D eigenvalue weighted by Gasteiger charge is -2.07. The van der Waals surface area contributed by atoms with E-state index in [0.29, 0.717) is 6.04 Å². The van der Waals surface area contributed by atoms with Crippen LogP contribution in [0.1, 0.15) is 37.2 Å². The van der Waals surface area contributed by atoms with E-state index in [-0.39, 0.29) is 0 Å². The summed E-state index contributed by atoms with van der Waals surface area (Å²) in [7, 11) is 0. The molecular formula is C12H22N2. The second-order valence-electron chi connectivity index (χ2n) is 4.16. The molecule has 0 amide bonds. The Morgan fingerprint density at radius 1 is 1.43 bits per heavy atom. The van der Waals surface area contributed by atoms with Crippen molar-refractivity contribution in [2.24, 2.45) is 5.73 Å². The van der Waals surface area contributed by atoms with Crippen molar-refractivity contribution in [2.45, 2.75) is 53.1 Å². The average Bonchev–Trinajstić information content (AvgIpc) is 2.38. The van der Waals surface area contributed by atoms with E-state index >= 15 is 0 Å². The minimum absolute atomic E-state index is 0.305. The average molecular weight is 194 g/mol. The monoisotopic (exact) mass is 194 g/mol. The number of nitrogens with zero attached hydrogens (tertiary/aromatic N) is 1. The summed E-state index contributed by atoms with van der Waals surface area (Å²) >= 11 is 0. The summed E-state index contributed by atoms with van der Waals surface area (Å²) in [6.45, 7) is 9.70. The summed E-state index contributed by atoms with van der Waals surface area (Å²) in [6.07, 6.45) is 2.19. The maximum Gasteiger partial charge on any atom is 0.0196 e. The summed E-state index contributed by atoms with van der Waals surface area (Å²) < 4.78 is 2.36. The molecule has 1 rings (SSSR count). The van der Waals surface area contributed by atoms with Crippen LogP contribution in [0.4, 0.5) is 0 Å². The normalized spacial score (nSPS) is 13.2. The van der Waals surface area contributed by atoms with Gasteiger partial charge >= 0.3 is 0 Å². The van der Waals surface area contributed by atoms with Crippen molar-refractivity contribution in [1.29, 1.82) is 0 Å². The standard InChI is InChI=1S/C12H22N2/c1-5-14-10(3)8-12(11(14)4)7-6-9(2)13/h8-9H,5-7,13H2,1-4H3. The van der Waals surface area contributed by atoms with Crippen LogP contribution in [-0.4, -0.2) is 10.6 Å². The number of aromatic nitrogens is 1. The lowest BCUT2D eigenvalue weighted by molar-refractivity contribution is 0.658. The summed E-state index contributed by atoms with van der Waals surface area (Å²) in [5, 5.41) is 0. The number of rotatable bonds is 4. The van der Waals surface area contributed by atoms with Crippen molar-refractivity contribution in [3.05, 3.63) is 23.0 Å². The molecule has 1 aromatic rings. The van der Waals surface area contributed by atoms with E-state index in [9.17, 15) is 0 Å². The van der Waals surface area contributed by atoms with Gasteiger partial charge in [-0.3, -0.25) is 0 Å². The van der Waals surface area contributed by atoms with Gasteiger partial charge in [-0.25, -0.2) is 0 Å². The summed E-state index contributed by atoms with van der Waals surface area (Å²) in [5.74, 6) is 0. The molecule has 0 saturated carbocycles. The van der Waals surface area contributed by atoms with Crippen molar-refractivity contribution in [3.63, 3.8) is 0 Å². The van der Waals surface area contributed by atoms with Gasteiger partial charge in [0.25, 0.3) is 0 Å². The van der Waals surface area contributed by atoms with E-state index in [0.717, 1.165) is 19.4 Å². The second kappa shape index (κ2) is 4.65. The zero-order valence-corrected chi connectivity index (χ0v) is 9.80. The molecule has 0 radical (unpaired) electrons. The van der Waals surface area contributed by atoms with Gasteiger partial charge in [0.05, 0.1) is 0 Å². The van der Waals surface area contributed by atoms with E-state index in [1.54, 1.807) is 0 Å². The van der Waals surface area contributed by atoms with E-state index < -0.39 is 0 Å². The first-order valence-corrected chi connectivity index (χ1v) is 5.47. The molecule has 14 heavy (non-hydrogen) atoms. The molecular weight excluding hydrogens is 172 g/mol. The van der Waals surface area contributed by atoms with Gasteiger partial charge in [0.1, 0.15) is 0 Å². The van der Waals surface area contributed by atoms with Crippen molar-refractivity contribution < 1.29 is 0 Å². The van der Waals surface area contributed by atoms with Crippen molar-refractivity contribution in [1.82, 2.24) is 4.57 Å². The number of hydrogen-bond donors (Lipinski definition) is 1. The molecule has 0 saturated heterocycles. The maximum absolute atomic E-state index is 5.76. The van der Waals surface area contributed by atoms with Gasteiger partial charge in [0.15, 0.2) is 0 Å². The smallest absolute Gasteiger partial charge is 0.0196 e. The molecule has 1 unspecified atom stereocenters. The van der Waals surface area contributed by atoms with Crippen LogP contribution < -0.4 is 5.73 Å². The Balaban J connectivity index is 2.78. The third-order valence-electron chi connectivity index (χ3n) is 2.86. The predicted molar refractivity (Wildman–Crippen MR) is 61.6 cm³/mol. The first-order valence-electron chi connectivity index (χ1n) is 5.47. The highest BCUT2D eigenvalue weighted by Gasteiger charge is 2.07. The van der Waals surface area contributed by atoms with Gasteiger partial charge < -0.3 is 10.3 Å². The zero-order valence-electron chi connectivity index (χ0n) is 9.80. The van der Waals surface area contributed by atoms with Crippen molar-refractivity contribution in [2.75, 3.05) is 0 Å². The molecule has 0 fully saturated rings. The van der Waals surface area contributed by atoms with Gasteiger partial charge in [0.2, 0.25) is 0 Å². The van der Waals surface area contributed by atoms with Crippen LogP contribution in [0.2, 0.25) is 0 Å². The number of hydrogen-bond acceptors (Lipinski definition) is 1. The molecule has 0 aliphatic heterocycles. The van der Waals surface area contributed by atoms with Crippen molar-refractivity contribution in [3.8, 4) is 0 Å². The molecule has 0 spiro atoms. The fourth-order valence-corrected chi connectivity index (χ4v) is 2.00. The fraction of sp³-hybridized carbons (Fsp3) is 0.667. The van der Waals surface area contributed by atoms with Crippen LogP contribution in [-0.2, 0) is 13.0 Å². The van der Waals surface area contributed by atoms with E-state index in [1.165, 1.54) is 17.0 Å². The van der Waals surface area contributed by atoms with E-state index in [2.05, 4.69) is 38.3 Å². The Hall–Kier alpha value is -0.760. The molecule has 1 atom stereocenters. The molecule has 80 valence electrons. The van der Waals surface area contributed by atoms with E-state index in [1.807, 2.05) is 0 Å². The first-order chi connectivity index (χ1) is 6.56. The van der Waals surface area contributed by atoms with Gasteiger partial charge in [-0.2, -0.15) is 0 Å². The minimum atomic E-state index is 0.305. The van der Waals surface area contributed by atoms with Crippen LogP contribution in [0.3, 0.4) is 0 Å². The molecule has 1 aromatic heterocycles. The molecule has 0 aliphatic rings. The molecule has 1 heterocycles. The van der Waals surface area contributed by atoms with Gasteiger partial charge in [0, 0.05) is 24.0 Å². The van der Waals surface area contributed by atoms with Crippen LogP contribution in [0.25, 0.3) is 0 Å². The first kappa shape index (κ1) is 11.3. The summed E-state index contributed by atoms with van der Waals surface area (Å²) in [6, 6.07) is 2.60. The van der Waals surface area contributed by atoms with Crippen LogP contribution in [0.15, 0.2) is 6.07 Å². The lowest BCUT2D eigenvalue weighted by atomic mass is 10.1. The molecule has 0 aliphatic carbocycles. The Labute approximate surface area is 87.1 Å². The van der Waals surface area contributed by atoms with E-state index in [4.69, 9.17) is 5.73 Å². The number of nitrogens with two attached hydrogens (primary N) is 1. The van der Waals surface area contributed by atoms with Crippen LogP contribution in [0, 0.1) is 13.8 Å². The number of aryl methyl sites for hydroxylation is 2. The van der Waals surface area contributed by atoms with Gasteiger partial charge in [-0.1, -0.05) is 0 Å². The fourth-order valence-electron chi connectivity index (χ4n) is 2.00. The Morgan fingerprint density at radius 2 is 2.07 bits per heavy atom.